The van der Waals surface area contributed by atoms with Crippen LogP contribution >= 0.6 is 0 Å². The molecule has 1 heterocycles. The van der Waals surface area contributed by atoms with Gasteiger partial charge in [0, 0.05) is 5.56 Å². The topological polar surface area (TPSA) is 50.4 Å². The molecule has 1 unspecified atom stereocenters. The third kappa shape index (κ3) is 3.50. The number of unbranched alkanes of at least 4 members (excludes halogenated alkanes) is 4. The van der Waals surface area contributed by atoms with Gasteiger partial charge in [0.25, 0.3) is 0 Å². The SMILES string of the molecule is CCCCCCCc1cc(O)c2c3c(c(=O)oc2c1)CCC(C)C3. The maximum absolute atomic E-state index is 12.3. The third-order valence-electron chi connectivity index (χ3n) is 5.26. The molecule has 1 N–H and O–H groups in total. The molecule has 1 atom stereocenters. The molecule has 3 rings (SSSR count). The zero-order chi connectivity index (χ0) is 17.1. The number of hydrogen-bond acceptors (Lipinski definition) is 3. The molecule has 0 amide bonds. The van der Waals surface area contributed by atoms with E-state index >= 15 is 0 Å². The lowest BCUT2D eigenvalue weighted by molar-refractivity contribution is 0.460. The predicted molar refractivity (Wildman–Crippen MR) is 97.8 cm³/mol. The van der Waals surface area contributed by atoms with Gasteiger partial charge in [0.15, 0.2) is 0 Å². The van der Waals surface area contributed by atoms with E-state index < -0.39 is 0 Å². The first-order chi connectivity index (χ1) is 11.6. The normalized spacial score (nSPS) is 17.2. The van der Waals surface area contributed by atoms with Crippen molar-refractivity contribution in [3.8, 4) is 5.75 Å². The maximum Gasteiger partial charge on any atom is 0.339 e. The van der Waals surface area contributed by atoms with E-state index in [1.54, 1.807) is 0 Å². The number of aromatic hydroxyl groups is 1. The molecule has 3 heteroatoms. The third-order valence-corrected chi connectivity index (χ3v) is 5.26. The number of phenols is 1. The minimum atomic E-state index is -0.219. The van der Waals surface area contributed by atoms with Gasteiger partial charge in [-0.05, 0) is 61.3 Å². The van der Waals surface area contributed by atoms with Crippen molar-refractivity contribution in [2.24, 2.45) is 5.92 Å². The first-order valence-electron chi connectivity index (χ1n) is 9.40. The summed E-state index contributed by atoms with van der Waals surface area (Å²) >= 11 is 0. The number of aryl methyl sites for hydroxylation is 1. The van der Waals surface area contributed by atoms with E-state index in [0.29, 0.717) is 11.5 Å². The summed E-state index contributed by atoms with van der Waals surface area (Å²) in [6, 6.07) is 3.82. The minimum absolute atomic E-state index is 0.219. The van der Waals surface area contributed by atoms with Gasteiger partial charge in [-0.25, -0.2) is 4.79 Å². The highest BCUT2D eigenvalue weighted by Gasteiger charge is 2.23. The Morgan fingerprint density at radius 2 is 1.96 bits per heavy atom. The lowest BCUT2D eigenvalue weighted by Crippen LogP contribution is -2.20. The van der Waals surface area contributed by atoms with Crippen molar-refractivity contribution in [3.05, 3.63) is 39.2 Å². The van der Waals surface area contributed by atoms with Crippen LogP contribution in [0.2, 0.25) is 0 Å². The van der Waals surface area contributed by atoms with E-state index in [0.717, 1.165) is 54.2 Å². The highest BCUT2D eigenvalue weighted by Crippen LogP contribution is 2.35. The first kappa shape index (κ1) is 17.1. The summed E-state index contributed by atoms with van der Waals surface area (Å²) in [5.74, 6) is 0.810. The molecular formula is C21H28O3. The standard InChI is InChI=1S/C21H28O3/c1-3-4-5-6-7-8-15-12-18(22)20-17-11-14(2)9-10-16(17)21(23)24-19(20)13-15/h12-14,22H,3-11H2,1-2H3. The predicted octanol–water partition coefficient (Wildman–Crippen LogP) is 5.14. The van der Waals surface area contributed by atoms with Crippen LogP contribution in [0, 0.1) is 5.92 Å². The summed E-state index contributed by atoms with van der Waals surface area (Å²) in [4.78, 5) is 12.3. The summed E-state index contributed by atoms with van der Waals surface area (Å²) in [5.41, 5.74) is 3.17. The lowest BCUT2D eigenvalue weighted by Gasteiger charge is -2.22. The van der Waals surface area contributed by atoms with E-state index in [9.17, 15) is 9.90 Å². The molecule has 0 saturated heterocycles. The average molecular weight is 328 g/mol. The number of phenolic OH excluding ortho intramolecular Hbond substituents is 1. The van der Waals surface area contributed by atoms with Gasteiger partial charge in [-0.2, -0.15) is 0 Å². The second kappa shape index (κ2) is 7.42. The fourth-order valence-corrected chi connectivity index (χ4v) is 3.87. The number of hydrogen-bond donors (Lipinski definition) is 1. The van der Waals surface area contributed by atoms with Gasteiger partial charge < -0.3 is 9.52 Å². The molecule has 0 fully saturated rings. The van der Waals surface area contributed by atoms with Crippen molar-refractivity contribution >= 4 is 11.0 Å². The van der Waals surface area contributed by atoms with Crippen molar-refractivity contribution in [2.45, 2.75) is 71.6 Å². The largest absolute Gasteiger partial charge is 0.507 e. The van der Waals surface area contributed by atoms with Gasteiger partial charge in [0.2, 0.25) is 0 Å². The van der Waals surface area contributed by atoms with Crippen molar-refractivity contribution < 1.29 is 9.52 Å². The molecule has 0 bridgehead atoms. The van der Waals surface area contributed by atoms with Crippen LogP contribution in [0.4, 0.5) is 0 Å². The van der Waals surface area contributed by atoms with Crippen LogP contribution < -0.4 is 5.63 Å². The summed E-state index contributed by atoms with van der Waals surface area (Å²) in [6.07, 6.45) is 9.64. The van der Waals surface area contributed by atoms with Crippen LogP contribution in [-0.2, 0) is 19.3 Å². The quantitative estimate of drug-likeness (QED) is 0.590. The Kier molecular flexibility index (Phi) is 5.27. The van der Waals surface area contributed by atoms with Crippen LogP contribution in [0.25, 0.3) is 11.0 Å². The van der Waals surface area contributed by atoms with Gasteiger partial charge in [0.1, 0.15) is 11.3 Å². The van der Waals surface area contributed by atoms with Crippen molar-refractivity contribution in [1.82, 2.24) is 0 Å². The summed E-state index contributed by atoms with van der Waals surface area (Å²) in [5, 5.41) is 11.3. The monoisotopic (exact) mass is 328 g/mol. The minimum Gasteiger partial charge on any atom is -0.507 e. The maximum atomic E-state index is 12.3. The van der Waals surface area contributed by atoms with Crippen LogP contribution in [-0.4, -0.2) is 5.11 Å². The van der Waals surface area contributed by atoms with Crippen molar-refractivity contribution in [2.75, 3.05) is 0 Å². The zero-order valence-corrected chi connectivity index (χ0v) is 14.9. The molecule has 1 aliphatic rings. The molecule has 3 nitrogen and oxygen atoms in total. The Labute approximate surface area is 143 Å². The van der Waals surface area contributed by atoms with Crippen molar-refractivity contribution in [1.29, 1.82) is 0 Å². The van der Waals surface area contributed by atoms with Crippen LogP contribution in [0.5, 0.6) is 5.75 Å². The second-order valence-electron chi connectivity index (χ2n) is 7.35. The molecule has 0 aliphatic heterocycles. The van der Waals surface area contributed by atoms with Crippen LogP contribution in [0.15, 0.2) is 21.3 Å². The Balaban J connectivity index is 1.90. The Bertz CT molecular complexity index is 773. The second-order valence-corrected chi connectivity index (χ2v) is 7.35. The van der Waals surface area contributed by atoms with Gasteiger partial charge >= 0.3 is 5.63 Å². The fourth-order valence-electron chi connectivity index (χ4n) is 3.87. The highest BCUT2D eigenvalue weighted by atomic mass is 16.4. The summed E-state index contributed by atoms with van der Waals surface area (Å²) in [7, 11) is 0. The molecule has 130 valence electrons. The average Bonchev–Trinajstić information content (AvgIpc) is 2.54. The Morgan fingerprint density at radius 3 is 2.75 bits per heavy atom. The van der Waals surface area contributed by atoms with Crippen LogP contribution in [0.1, 0.15) is 69.1 Å². The van der Waals surface area contributed by atoms with Gasteiger partial charge in [-0.1, -0.05) is 39.5 Å². The number of fused-ring (bicyclic) bond motifs is 3. The molecular weight excluding hydrogens is 300 g/mol. The first-order valence-corrected chi connectivity index (χ1v) is 9.40. The van der Waals surface area contributed by atoms with Crippen molar-refractivity contribution in [3.63, 3.8) is 0 Å². The molecule has 1 aromatic carbocycles. The fraction of sp³-hybridized carbons (Fsp3) is 0.571. The molecule has 1 aliphatic carbocycles. The molecule has 0 saturated carbocycles. The smallest absolute Gasteiger partial charge is 0.339 e. The number of benzene rings is 1. The molecule has 0 radical (unpaired) electrons. The molecule has 2 aromatic rings. The van der Waals surface area contributed by atoms with E-state index in [1.807, 2.05) is 12.1 Å². The van der Waals surface area contributed by atoms with E-state index in [1.165, 1.54) is 25.7 Å². The number of rotatable bonds is 6. The Hall–Kier alpha value is -1.77. The Morgan fingerprint density at radius 1 is 1.17 bits per heavy atom. The van der Waals surface area contributed by atoms with E-state index in [2.05, 4.69) is 13.8 Å². The van der Waals surface area contributed by atoms with Gasteiger partial charge in [-0.3, -0.25) is 0 Å². The van der Waals surface area contributed by atoms with E-state index in [4.69, 9.17) is 4.42 Å². The van der Waals surface area contributed by atoms with Gasteiger partial charge in [0.05, 0.1) is 5.39 Å². The molecule has 0 spiro atoms. The summed E-state index contributed by atoms with van der Waals surface area (Å²) < 4.78 is 5.55. The highest BCUT2D eigenvalue weighted by molar-refractivity contribution is 5.88. The van der Waals surface area contributed by atoms with Gasteiger partial charge in [-0.15, -0.1) is 0 Å². The van der Waals surface area contributed by atoms with E-state index in [-0.39, 0.29) is 11.4 Å². The van der Waals surface area contributed by atoms with Crippen LogP contribution in [0.3, 0.4) is 0 Å². The molecule has 1 aromatic heterocycles. The zero-order valence-electron chi connectivity index (χ0n) is 14.9. The molecule has 24 heavy (non-hydrogen) atoms. The summed E-state index contributed by atoms with van der Waals surface area (Å²) in [6.45, 7) is 4.41. The lowest BCUT2D eigenvalue weighted by atomic mass is 9.84.